The summed E-state index contributed by atoms with van der Waals surface area (Å²) in [5, 5.41) is 3.58. The van der Waals surface area contributed by atoms with Gasteiger partial charge in [0.15, 0.2) is 0 Å². The molecule has 17 heavy (non-hydrogen) atoms. The molecule has 1 fully saturated rings. The van der Waals surface area contributed by atoms with Crippen molar-refractivity contribution in [3.8, 4) is 0 Å². The van der Waals surface area contributed by atoms with E-state index in [4.69, 9.17) is 0 Å². The topological polar surface area (TPSA) is 12.0 Å². The fraction of sp³-hybridized carbons (Fsp3) is 0.571. The Morgan fingerprint density at radius 2 is 1.65 bits per heavy atom. The van der Waals surface area contributed by atoms with Gasteiger partial charge in [0.25, 0.3) is 0 Å². The van der Waals surface area contributed by atoms with Crippen molar-refractivity contribution in [1.82, 2.24) is 5.32 Å². The van der Waals surface area contributed by atoms with Gasteiger partial charge < -0.3 is 5.32 Å². The highest BCUT2D eigenvalue weighted by molar-refractivity contribution is 9.11. The van der Waals surface area contributed by atoms with Crippen molar-refractivity contribution in [3.63, 3.8) is 0 Å². The summed E-state index contributed by atoms with van der Waals surface area (Å²) < 4.78 is 2.28. The summed E-state index contributed by atoms with van der Waals surface area (Å²) in [6.07, 6.45) is 7.11. The summed E-state index contributed by atoms with van der Waals surface area (Å²) in [6, 6.07) is 6.43. The zero-order valence-corrected chi connectivity index (χ0v) is 13.2. The van der Waals surface area contributed by atoms with Gasteiger partial charge in [0.2, 0.25) is 0 Å². The summed E-state index contributed by atoms with van der Waals surface area (Å²) in [7, 11) is 0. The van der Waals surface area contributed by atoms with Crippen molar-refractivity contribution in [1.29, 1.82) is 0 Å². The summed E-state index contributed by atoms with van der Waals surface area (Å²) in [4.78, 5) is 0. The van der Waals surface area contributed by atoms with Gasteiger partial charge in [-0.05, 0) is 49.1 Å². The third kappa shape index (κ3) is 4.72. The molecule has 0 spiro atoms. The lowest BCUT2D eigenvalue weighted by Crippen LogP contribution is -2.24. The molecule has 1 aliphatic carbocycles. The molecule has 3 heteroatoms. The fourth-order valence-corrected chi connectivity index (χ4v) is 3.91. The molecule has 0 amide bonds. The van der Waals surface area contributed by atoms with Crippen molar-refractivity contribution < 1.29 is 0 Å². The minimum Gasteiger partial charge on any atom is -0.312 e. The van der Waals surface area contributed by atoms with Crippen LogP contribution in [0, 0.1) is 5.92 Å². The third-order valence-electron chi connectivity index (χ3n) is 3.41. The molecule has 1 aliphatic rings. The molecule has 0 atom stereocenters. The molecule has 0 heterocycles. The molecule has 0 bridgehead atoms. The number of benzene rings is 1. The Balaban J connectivity index is 1.77. The predicted molar refractivity (Wildman–Crippen MR) is 80.1 cm³/mol. The number of rotatable bonds is 4. The first kappa shape index (κ1) is 13.6. The van der Waals surface area contributed by atoms with E-state index in [1.54, 1.807) is 0 Å². The number of halogens is 2. The van der Waals surface area contributed by atoms with E-state index in [2.05, 4.69) is 55.4 Å². The lowest BCUT2D eigenvalue weighted by molar-refractivity contribution is 0.342. The number of hydrogen-bond acceptors (Lipinski definition) is 1. The van der Waals surface area contributed by atoms with Crippen LogP contribution in [0.15, 0.2) is 27.1 Å². The lowest BCUT2D eigenvalue weighted by atomic mass is 9.89. The molecular formula is C14H19Br2N. The molecule has 0 aromatic heterocycles. The van der Waals surface area contributed by atoms with Crippen LogP contribution >= 0.6 is 31.9 Å². The average Bonchev–Trinajstić information content (AvgIpc) is 2.29. The van der Waals surface area contributed by atoms with E-state index < -0.39 is 0 Å². The van der Waals surface area contributed by atoms with Gasteiger partial charge >= 0.3 is 0 Å². The van der Waals surface area contributed by atoms with Gasteiger partial charge in [-0.2, -0.15) is 0 Å². The molecule has 1 aromatic carbocycles. The van der Waals surface area contributed by atoms with Crippen LogP contribution in [-0.2, 0) is 6.54 Å². The average molecular weight is 361 g/mol. The van der Waals surface area contributed by atoms with Crippen LogP contribution in [-0.4, -0.2) is 6.54 Å². The van der Waals surface area contributed by atoms with Gasteiger partial charge in [0.1, 0.15) is 0 Å². The van der Waals surface area contributed by atoms with Crippen molar-refractivity contribution in [3.05, 3.63) is 32.7 Å². The standard InChI is InChI=1S/C14H19Br2N/c15-13-6-12(7-14(16)8-13)10-17-9-11-4-2-1-3-5-11/h6-8,11,17H,1-5,9-10H2. The Kier molecular flexibility index (Phi) is 5.51. The van der Waals surface area contributed by atoms with Crippen LogP contribution in [0.3, 0.4) is 0 Å². The summed E-state index contributed by atoms with van der Waals surface area (Å²) >= 11 is 7.05. The molecule has 1 aromatic rings. The first-order valence-corrected chi connectivity index (χ1v) is 7.98. The van der Waals surface area contributed by atoms with E-state index in [0.717, 1.165) is 21.4 Å². The van der Waals surface area contributed by atoms with E-state index in [-0.39, 0.29) is 0 Å². The highest BCUT2D eigenvalue weighted by Crippen LogP contribution is 2.23. The predicted octanol–water partition coefficient (Wildman–Crippen LogP) is 4.88. The van der Waals surface area contributed by atoms with Crippen molar-refractivity contribution in [2.45, 2.75) is 38.6 Å². The van der Waals surface area contributed by atoms with Crippen molar-refractivity contribution >= 4 is 31.9 Å². The van der Waals surface area contributed by atoms with Gasteiger partial charge in [0, 0.05) is 15.5 Å². The second-order valence-corrected chi connectivity index (χ2v) is 6.74. The Morgan fingerprint density at radius 1 is 1.00 bits per heavy atom. The molecule has 0 unspecified atom stereocenters. The van der Waals surface area contributed by atoms with E-state index in [9.17, 15) is 0 Å². The molecular weight excluding hydrogens is 342 g/mol. The minimum atomic E-state index is 0.902. The third-order valence-corrected chi connectivity index (χ3v) is 4.32. The van der Waals surface area contributed by atoms with Gasteiger partial charge in [-0.3, -0.25) is 0 Å². The minimum absolute atomic E-state index is 0.902. The fourth-order valence-electron chi connectivity index (χ4n) is 2.52. The molecule has 1 N–H and O–H groups in total. The SMILES string of the molecule is Brc1cc(Br)cc(CNCC2CCCCC2)c1. The lowest BCUT2D eigenvalue weighted by Gasteiger charge is -2.21. The first-order valence-electron chi connectivity index (χ1n) is 6.40. The molecule has 0 radical (unpaired) electrons. The maximum Gasteiger partial charge on any atom is 0.0206 e. The Bertz CT molecular complexity index is 339. The highest BCUT2D eigenvalue weighted by Gasteiger charge is 2.12. The van der Waals surface area contributed by atoms with E-state index in [0.29, 0.717) is 0 Å². The molecule has 2 rings (SSSR count). The Hall–Kier alpha value is 0.140. The monoisotopic (exact) mass is 359 g/mol. The maximum absolute atomic E-state index is 3.58. The number of nitrogens with one attached hydrogen (secondary N) is 1. The van der Waals surface area contributed by atoms with Crippen LogP contribution in [0.5, 0.6) is 0 Å². The van der Waals surface area contributed by atoms with E-state index in [1.165, 1.54) is 44.2 Å². The van der Waals surface area contributed by atoms with Gasteiger partial charge in [-0.25, -0.2) is 0 Å². The van der Waals surface area contributed by atoms with Crippen LogP contribution < -0.4 is 5.32 Å². The van der Waals surface area contributed by atoms with Crippen LogP contribution in [0.2, 0.25) is 0 Å². The van der Waals surface area contributed by atoms with E-state index >= 15 is 0 Å². The van der Waals surface area contributed by atoms with Crippen molar-refractivity contribution in [2.75, 3.05) is 6.54 Å². The first-order chi connectivity index (χ1) is 8.24. The maximum atomic E-state index is 3.58. The van der Waals surface area contributed by atoms with Crippen molar-refractivity contribution in [2.24, 2.45) is 5.92 Å². The van der Waals surface area contributed by atoms with Crippen LogP contribution in [0.25, 0.3) is 0 Å². The molecule has 1 saturated carbocycles. The van der Waals surface area contributed by atoms with Crippen LogP contribution in [0.4, 0.5) is 0 Å². The summed E-state index contributed by atoms with van der Waals surface area (Å²) in [6.45, 7) is 2.14. The molecule has 94 valence electrons. The second kappa shape index (κ2) is 6.91. The highest BCUT2D eigenvalue weighted by atomic mass is 79.9. The van der Waals surface area contributed by atoms with Gasteiger partial charge in [-0.1, -0.05) is 51.1 Å². The second-order valence-electron chi connectivity index (χ2n) is 4.91. The normalized spacial score (nSPS) is 17.3. The number of hydrogen-bond donors (Lipinski definition) is 1. The van der Waals surface area contributed by atoms with Gasteiger partial charge in [-0.15, -0.1) is 0 Å². The largest absolute Gasteiger partial charge is 0.312 e. The smallest absolute Gasteiger partial charge is 0.0206 e. The van der Waals surface area contributed by atoms with E-state index in [1.807, 2.05) is 0 Å². The zero-order chi connectivity index (χ0) is 12.1. The quantitative estimate of drug-likeness (QED) is 0.806. The molecule has 0 aliphatic heterocycles. The summed E-state index contributed by atoms with van der Waals surface area (Å²) in [5.41, 5.74) is 1.34. The summed E-state index contributed by atoms with van der Waals surface area (Å²) in [5.74, 6) is 0.902. The van der Waals surface area contributed by atoms with Gasteiger partial charge in [0.05, 0.1) is 0 Å². The zero-order valence-electron chi connectivity index (χ0n) is 10.0. The molecule has 0 saturated heterocycles. The Morgan fingerprint density at radius 3 is 2.29 bits per heavy atom. The Labute approximate surface area is 121 Å². The molecule has 1 nitrogen and oxygen atoms in total. The van der Waals surface area contributed by atoms with Crippen LogP contribution in [0.1, 0.15) is 37.7 Å².